The summed E-state index contributed by atoms with van der Waals surface area (Å²) in [4.78, 5) is 3.74. The normalized spacial score (nSPS) is 12.1. The van der Waals surface area contributed by atoms with E-state index in [1.54, 1.807) is 0 Å². The Morgan fingerprint density at radius 1 is 0.333 bits per heavy atom. The van der Waals surface area contributed by atoms with Crippen LogP contribution in [-0.4, -0.2) is 4.98 Å². The van der Waals surface area contributed by atoms with Gasteiger partial charge in [0.05, 0.1) is 0 Å². The largest absolute Gasteiger partial charge is 0.354 e. The molecule has 39 heavy (non-hydrogen) atoms. The predicted octanol–water partition coefficient (Wildman–Crippen LogP) is 10.6. The quantitative estimate of drug-likeness (QED) is 0.246. The summed E-state index contributed by atoms with van der Waals surface area (Å²) in [5.74, 6) is 0. The number of H-pyrrole nitrogens is 1. The first-order valence-corrected chi connectivity index (χ1v) is 13.5. The van der Waals surface area contributed by atoms with E-state index in [2.05, 4.69) is 138 Å². The molecule has 0 saturated carbocycles. The van der Waals surface area contributed by atoms with E-state index in [1.165, 1.54) is 87.9 Å². The highest BCUT2D eigenvalue weighted by Gasteiger charge is 2.31. The molecular weight excluding hydrogens is 470 g/mol. The van der Waals surface area contributed by atoms with Crippen LogP contribution in [0.25, 0.3) is 87.9 Å². The van der Waals surface area contributed by atoms with Crippen LogP contribution in [0.5, 0.6) is 0 Å². The number of para-hydroxylation sites is 1. The second-order valence-corrected chi connectivity index (χ2v) is 10.5. The zero-order valence-corrected chi connectivity index (χ0v) is 21.2. The molecule has 1 N–H and O–H groups in total. The Morgan fingerprint density at radius 2 is 0.872 bits per heavy atom. The zero-order valence-electron chi connectivity index (χ0n) is 21.2. The van der Waals surface area contributed by atoms with E-state index in [9.17, 15) is 0 Å². The molecule has 0 spiro atoms. The van der Waals surface area contributed by atoms with Gasteiger partial charge < -0.3 is 4.98 Å². The number of hydrogen-bond acceptors (Lipinski definition) is 0. The smallest absolute Gasteiger partial charge is 0.0477 e. The van der Waals surface area contributed by atoms with Gasteiger partial charge in [-0.1, -0.05) is 121 Å². The standard InChI is InChI=1S/C38H23N/c1-3-12-23(13-4-1)33-25-16-7-8-17-26(25)34(24-14-5-2-6-15-24)38-30-22-32-36(27-18-9-10-21-31(27)39-32)28-19-11-20-29(35(28)30)37(33)38/h1-22,39H. The lowest BCUT2D eigenvalue weighted by Crippen LogP contribution is -1.93. The summed E-state index contributed by atoms with van der Waals surface area (Å²) < 4.78 is 0. The van der Waals surface area contributed by atoms with Gasteiger partial charge in [0.15, 0.2) is 0 Å². The molecule has 1 aromatic heterocycles. The lowest BCUT2D eigenvalue weighted by atomic mass is 9.82. The SMILES string of the molecule is c1ccc(-c2c3c(c(-c4ccccc4)c4ccccc24)-c2cc4[nH]c5ccccc5c4c4cccc-3c24)cc1. The molecule has 1 nitrogen and oxygen atoms in total. The van der Waals surface area contributed by atoms with Crippen molar-refractivity contribution in [1.29, 1.82) is 0 Å². The number of benzene rings is 7. The highest BCUT2D eigenvalue weighted by Crippen LogP contribution is 2.58. The average molecular weight is 494 g/mol. The fraction of sp³-hybridized carbons (Fsp3) is 0. The third-order valence-corrected chi connectivity index (χ3v) is 8.51. The van der Waals surface area contributed by atoms with Gasteiger partial charge in [0.25, 0.3) is 0 Å². The van der Waals surface area contributed by atoms with Crippen LogP contribution in [0.15, 0.2) is 133 Å². The molecule has 7 aromatic carbocycles. The monoisotopic (exact) mass is 493 g/mol. The summed E-state index contributed by atoms with van der Waals surface area (Å²) in [6.45, 7) is 0. The van der Waals surface area contributed by atoms with Crippen molar-refractivity contribution >= 4 is 43.4 Å². The fourth-order valence-electron chi connectivity index (χ4n) is 7.02. The summed E-state index contributed by atoms with van der Waals surface area (Å²) in [7, 11) is 0. The van der Waals surface area contributed by atoms with Crippen LogP contribution >= 0.6 is 0 Å². The molecule has 0 amide bonds. The molecule has 0 bridgehead atoms. The van der Waals surface area contributed by atoms with Gasteiger partial charge in [-0.05, 0) is 78.2 Å². The van der Waals surface area contributed by atoms with Crippen molar-refractivity contribution in [2.24, 2.45) is 0 Å². The van der Waals surface area contributed by atoms with Gasteiger partial charge in [-0.25, -0.2) is 0 Å². The summed E-state index contributed by atoms with van der Waals surface area (Å²) in [6.07, 6.45) is 0. The molecular formula is C38H23N. The molecule has 1 heterocycles. The number of fused-ring (bicyclic) bond motifs is 8. The van der Waals surface area contributed by atoms with Crippen LogP contribution in [0.4, 0.5) is 0 Å². The first kappa shape index (κ1) is 20.9. The number of nitrogens with one attached hydrogen (secondary N) is 1. The van der Waals surface area contributed by atoms with Crippen molar-refractivity contribution in [1.82, 2.24) is 4.98 Å². The van der Waals surface area contributed by atoms with Crippen molar-refractivity contribution in [2.45, 2.75) is 0 Å². The molecule has 0 unspecified atom stereocenters. The molecule has 1 heteroatoms. The minimum Gasteiger partial charge on any atom is -0.354 e. The Hall–Kier alpha value is -5.14. The lowest BCUT2D eigenvalue weighted by molar-refractivity contribution is 1.55. The predicted molar refractivity (Wildman–Crippen MR) is 166 cm³/mol. The molecule has 0 atom stereocenters. The van der Waals surface area contributed by atoms with Gasteiger partial charge in [0.1, 0.15) is 0 Å². The summed E-state index contributed by atoms with van der Waals surface area (Å²) in [6, 6.07) is 48.7. The van der Waals surface area contributed by atoms with E-state index < -0.39 is 0 Å². The van der Waals surface area contributed by atoms with Crippen LogP contribution in [0, 0.1) is 0 Å². The van der Waals surface area contributed by atoms with Crippen LogP contribution < -0.4 is 0 Å². The van der Waals surface area contributed by atoms with Crippen LogP contribution in [0.2, 0.25) is 0 Å². The molecule has 0 saturated heterocycles. The van der Waals surface area contributed by atoms with Crippen molar-refractivity contribution in [3.05, 3.63) is 133 Å². The first-order valence-electron chi connectivity index (χ1n) is 13.5. The number of rotatable bonds is 2. The summed E-state index contributed by atoms with van der Waals surface area (Å²) in [5.41, 5.74) is 12.8. The Bertz CT molecular complexity index is 2250. The summed E-state index contributed by atoms with van der Waals surface area (Å²) >= 11 is 0. The van der Waals surface area contributed by atoms with E-state index in [-0.39, 0.29) is 0 Å². The topological polar surface area (TPSA) is 15.8 Å². The van der Waals surface area contributed by atoms with Crippen molar-refractivity contribution < 1.29 is 0 Å². The third kappa shape index (κ3) is 2.74. The van der Waals surface area contributed by atoms with Gasteiger partial charge >= 0.3 is 0 Å². The Morgan fingerprint density at radius 3 is 1.54 bits per heavy atom. The van der Waals surface area contributed by atoms with E-state index in [4.69, 9.17) is 0 Å². The van der Waals surface area contributed by atoms with Gasteiger partial charge in [0, 0.05) is 21.8 Å². The fourth-order valence-corrected chi connectivity index (χ4v) is 7.02. The highest BCUT2D eigenvalue weighted by molar-refractivity contribution is 6.33. The summed E-state index contributed by atoms with van der Waals surface area (Å²) in [5, 5.41) is 7.85. The minimum atomic E-state index is 1.18. The zero-order chi connectivity index (χ0) is 25.5. The first-order chi connectivity index (χ1) is 19.4. The maximum absolute atomic E-state index is 3.74. The Labute approximate surface area is 226 Å². The molecule has 0 radical (unpaired) electrons. The van der Waals surface area contributed by atoms with E-state index >= 15 is 0 Å². The highest BCUT2D eigenvalue weighted by atomic mass is 14.7. The van der Waals surface area contributed by atoms with E-state index in [0.29, 0.717) is 0 Å². The molecule has 0 fully saturated rings. The van der Waals surface area contributed by atoms with Crippen LogP contribution in [-0.2, 0) is 0 Å². The third-order valence-electron chi connectivity index (χ3n) is 8.51. The Kier molecular flexibility index (Phi) is 4.11. The van der Waals surface area contributed by atoms with E-state index in [0.717, 1.165) is 0 Å². The molecule has 9 rings (SSSR count). The van der Waals surface area contributed by atoms with Gasteiger partial charge in [-0.3, -0.25) is 0 Å². The number of hydrogen-bond donors (Lipinski definition) is 1. The second-order valence-electron chi connectivity index (χ2n) is 10.5. The lowest BCUT2D eigenvalue weighted by Gasteiger charge is -2.20. The molecule has 1 aliphatic carbocycles. The van der Waals surface area contributed by atoms with E-state index in [1.807, 2.05) is 0 Å². The van der Waals surface area contributed by atoms with Gasteiger partial charge in [0.2, 0.25) is 0 Å². The molecule has 8 aromatic rings. The second kappa shape index (κ2) is 7.69. The Balaban J connectivity index is 1.56. The maximum Gasteiger partial charge on any atom is 0.0477 e. The van der Waals surface area contributed by atoms with Crippen LogP contribution in [0.1, 0.15) is 0 Å². The minimum absolute atomic E-state index is 1.18. The van der Waals surface area contributed by atoms with Crippen LogP contribution in [0.3, 0.4) is 0 Å². The molecule has 0 aliphatic heterocycles. The van der Waals surface area contributed by atoms with Gasteiger partial charge in [-0.15, -0.1) is 0 Å². The van der Waals surface area contributed by atoms with Gasteiger partial charge in [-0.2, -0.15) is 0 Å². The molecule has 1 aliphatic rings. The molecule has 180 valence electrons. The number of aromatic amines is 1. The average Bonchev–Trinajstić information content (AvgIpc) is 3.54. The van der Waals surface area contributed by atoms with Crippen molar-refractivity contribution in [2.75, 3.05) is 0 Å². The number of aromatic nitrogens is 1. The van der Waals surface area contributed by atoms with Crippen molar-refractivity contribution in [3.8, 4) is 44.5 Å². The maximum atomic E-state index is 3.74. The van der Waals surface area contributed by atoms with Crippen molar-refractivity contribution in [3.63, 3.8) is 0 Å².